The minimum atomic E-state index is -3.69. The van der Waals surface area contributed by atoms with Crippen LogP contribution in [0.5, 0.6) is 11.5 Å². The van der Waals surface area contributed by atoms with Crippen LogP contribution in [0.4, 0.5) is 5.69 Å². The van der Waals surface area contributed by atoms with Gasteiger partial charge < -0.3 is 14.0 Å². The third-order valence-electron chi connectivity index (χ3n) is 7.68. The number of methoxy groups -OCH3 is 1. The topological polar surface area (TPSA) is 78.7 Å². The van der Waals surface area contributed by atoms with Crippen molar-refractivity contribution < 1.29 is 19.0 Å². The molecule has 0 aliphatic rings. The number of nitro benzene ring substituents is 1. The summed E-state index contributed by atoms with van der Waals surface area (Å²) in [6, 6.07) is 46.0. The summed E-state index contributed by atoms with van der Waals surface area (Å²) in [6.45, 7) is 0.183. The lowest BCUT2D eigenvalue weighted by atomic mass is 9.92. The van der Waals surface area contributed by atoms with Gasteiger partial charge in [0.15, 0.2) is 7.14 Å². The number of hydrogen-bond acceptors (Lipinski definition) is 5. The van der Waals surface area contributed by atoms with E-state index in [1.165, 1.54) is 13.2 Å². The highest BCUT2D eigenvalue weighted by Crippen LogP contribution is 2.52. The zero-order chi connectivity index (χ0) is 31.2. The molecule has 6 aromatic carbocycles. The Labute approximate surface area is 262 Å². The van der Waals surface area contributed by atoms with Crippen LogP contribution in [0.3, 0.4) is 0 Å². The van der Waals surface area contributed by atoms with Crippen molar-refractivity contribution in [1.82, 2.24) is 0 Å². The zero-order valence-corrected chi connectivity index (χ0v) is 25.5. The van der Waals surface area contributed by atoms with Crippen molar-refractivity contribution in [3.8, 4) is 33.8 Å². The maximum Gasteiger partial charge on any atom is 0.277 e. The van der Waals surface area contributed by atoms with Gasteiger partial charge in [-0.15, -0.1) is 0 Å². The molecule has 6 nitrogen and oxygen atoms in total. The van der Waals surface area contributed by atoms with Crippen LogP contribution in [0, 0.1) is 10.1 Å². The Morgan fingerprint density at radius 1 is 0.667 bits per heavy atom. The average molecular weight is 612 g/mol. The number of benzene rings is 6. The van der Waals surface area contributed by atoms with E-state index < -0.39 is 12.1 Å². The molecule has 7 heteroatoms. The summed E-state index contributed by atoms with van der Waals surface area (Å²) in [5, 5.41) is 14.3. The quantitative estimate of drug-likeness (QED) is 0.0888. The number of hydrogen-bond donors (Lipinski definition) is 0. The fourth-order valence-corrected chi connectivity index (χ4v) is 8.44. The van der Waals surface area contributed by atoms with Gasteiger partial charge in [0, 0.05) is 33.6 Å². The molecule has 0 heterocycles. The third-order valence-corrected chi connectivity index (χ3v) is 10.8. The van der Waals surface area contributed by atoms with Crippen LogP contribution in [0.1, 0.15) is 5.56 Å². The summed E-state index contributed by atoms with van der Waals surface area (Å²) in [6.07, 6.45) is 0. The van der Waals surface area contributed by atoms with Crippen molar-refractivity contribution in [2.45, 2.75) is 6.61 Å². The lowest BCUT2D eigenvalue weighted by molar-refractivity contribution is -0.384. The summed E-state index contributed by atoms with van der Waals surface area (Å²) < 4.78 is 28.2. The Balaban J connectivity index is 1.76. The number of nitrogens with zero attached hydrogens (tertiary/aromatic N) is 1. The first-order valence-electron chi connectivity index (χ1n) is 14.4. The second-order valence-corrected chi connectivity index (χ2v) is 13.1. The molecule has 0 amide bonds. The van der Waals surface area contributed by atoms with Gasteiger partial charge in [0.05, 0.1) is 17.6 Å². The molecule has 0 aliphatic carbocycles. The smallest absolute Gasteiger partial charge is 0.277 e. The highest BCUT2D eigenvalue weighted by molar-refractivity contribution is 7.85. The SMILES string of the molecule is COc1cc(OCc2ccccc2)c(-c2c(-c3ccccc3)cccc2[N+](=O)[O-])c(P(=O)(c2ccccc2)c2ccccc2)c1. The van der Waals surface area contributed by atoms with Crippen LogP contribution in [-0.4, -0.2) is 12.0 Å². The van der Waals surface area contributed by atoms with Crippen molar-refractivity contribution >= 4 is 28.7 Å². The molecule has 0 aromatic heterocycles. The van der Waals surface area contributed by atoms with Gasteiger partial charge in [-0.2, -0.15) is 0 Å². The van der Waals surface area contributed by atoms with Crippen molar-refractivity contribution in [2.75, 3.05) is 7.11 Å². The fourth-order valence-electron chi connectivity index (χ4n) is 5.56. The first-order chi connectivity index (χ1) is 22.0. The third kappa shape index (κ3) is 5.88. The van der Waals surface area contributed by atoms with E-state index >= 15 is 4.57 Å². The monoisotopic (exact) mass is 611 g/mol. The zero-order valence-electron chi connectivity index (χ0n) is 24.6. The maximum atomic E-state index is 16.0. The van der Waals surface area contributed by atoms with Gasteiger partial charge in [0.2, 0.25) is 0 Å². The summed E-state index contributed by atoms with van der Waals surface area (Å²) in [5.41, 5.74) is 2.89. The van der Waals surface area contributed by atoms with Gasteiger partial charge >= 0.3 is 0 Å². The van der Waals surface area contributed by atoms with Crippen LogP contribution in [0.25, 0.3) is 22.3 Å². The van der Waals surface area contributed by atoms with Gasteiger partial charge in [0.1, 0.15) is 18.1 Å². The van der Waals surface area contributed by atoms with E-state index in [2.05, 4.69) is 0 Å². The first kappa shape index (κ1) is 29.6. The Morgan fingerprint density at radius 3 is 1.78 bits per heavy atom. The van der Waals surface area contributed by atoms with Crippen LogP contribution < -0.4 is 25.4 Å². The molecule has 0 spiro atoms. The maximum absolute atomic E-state index is 16.0. The molecule has 45 heavy (non-hydrogen) atoms. The Bertz CT molecular complexity index is 1940. The standard InChI is InChI=1S/C38H30NO5P/c1-43-30-25-35(44-27-28-15-6-2-7-16-28)38(37-33(29-17-8-3-9-18-29)23-14-24-34(37)39(40)41)36(26-30)45(42,31-19-10-4-11-20-31)32-21-12-5-13-22-32/h2-26H,27H2,1H3. The van der Waals surface area contributed by atoms with E-state index in [0.29, 0.717) is 44.1 Å². The second kappa shape index (κ2) is 13.0. The van der Waals surface area contributed by atoms with Crippen LogP contribution in [0.2, 0.25) is 0 Å². The summed E-state index contributed by atoms with van der Waals surface area (Å²) >= 11 is 0. The molecule has 222 valence electrons. The number of ether oxygens (including phenoxy) is 2. The number of nitro groups is 1. The minimum Gasteiger partial charge on any atom is -0.497 e. The van der Waals surface area contributed by atoms with E-state index in [9.17, 15) is 10.1 Å². The predicted molar refractivity (Wildman–Crippen MR) is 181 cm³/mol. The Hall–Kier alpha value is -5.45. The normalized spacial score (nSPS) is 11.1. The van der Waals surface area contributed by atoms with Crippen molar-refractivity contribution in [3.05, 3.63) is 167 Å². The molecule has 0 saturated heterocycles. The molecule has 0 saturated carbocycles. The van der Waals surface area contributed by atoms with E-state index in [4.69, 9.17) is 9.47 Å². The molecular formula is C38H30NO5P. The fraction of sp³-hybridized carbons (Fsp3) is 0.0526. The molecule has 6 aromatic rings. The van der Waals surface area contributed by atoms with Gasteiger partial charge in [0.25, 0.3) is 5.69 Å². The van der Waals surface area contributed by atoms with Crippen LogP contribution in [-0.2, 0) is 11.2 Å². The molecule has 0 atom stereocenters. The molecule has 6 rings (SSSR count). The minimum absolute atomic E-state index is 0.125. The molecule has 0 unspecified atom stereocenters. The average Bonchev–Trinajstić information content (AvgIpc) is 3.11. The molecular weight excluding hydrogens is 581 g/mol. The van der Waals surface area contributed by atoms with Crippen molar-refractivity contribution in [3.63, 3.8) is 0 Å². The van der Waals surface area contributed by atoms with Crippen LogP contribution in [0.15, 0.2) is 152 Å². The molecule has 0 bridgehead atoms. The van der Waals surface area contributed by atoms with E-state index in [0.717, 1.165) is 11.1 Å². The summed E-state index contributed by atoms with van der Waals surface area (Å²) in [7, 11) is -2.15. The van der Waals surface area contributed by atoms with Crippen molar-refractivity contribution in [2.24, 2.45) is 0 Å². The lowest BCUT2D eigenvalue weighted by Crippen LogP contribution is -2.27. The van der Waals surface area contributed by atoms with Crippen LogP contribution >= 0.6 is 7.14 Å². The largest absolute Gasteiger partial charge is 0.497 e. The van der Waals surface area contributed by atoms with E-state index in [1.54, 1.807) is 18.2 Å². The summed E-state index contributed by atoms with van der Waals surface area (Å²) in [4.78, 5) is 12.4. The highest BCUT2D eigenvalue weighted by atomic mass is 31.2. The summed E-state index contributed by atoms with van der Waals surface area (Å²) in [5.74, 6) is 0.746. The van der Waals surface area contributed by atoms with Gasteiger partial charge in [-0.3, -0.25) is 10.1 Å². The predicted octanol–water partition coefficient (Wildman–Crippen LogP) is 8.16. The Kier molecular flexibility index (Phi) is 8.58. The van der Waals surface area contributed by atoms with E-state index in [1.807, 2.05) is 127 Å². The molecule has 0 N–H and O–H groups in total. The number of rotatable bonds is 10. The second-order valence-electron chi connectivity index (χ2n) is 10.4. The Morgan fingerprint density at radius 2 is 1.22 bits per heavy atom. The highest BCUT2D eigenvalue weighted by Gasteiger charge is 2.37. The van der Waals surface area contributed by atoms with Gasteiger partial charge in [-0.1, -0.05) is 133 Å². The molecule has 0 radical (unpaired) electrons. The first-order valence-corrected chi connectivity index (χ1v) is 16.1. The van der Waals surface area contributed by atoms with E-state index in [-0.39, 0.29) is 12.3 Å². The molecule has 0 fully saturated rings. The lowest BCUT2D eigenvalue weighted by Gasteiger charge is -2.26. The van der Waals surface area contributed by atoms with Crippen molar-refractivity contribution in [1.29, 1.82) is 0 Å². The molecule has 0 aliphatic heterocycles. The van der Waals surface area contributed by atoms with Gasteiger partial charge in [-0.25, -0.2) is 0 Å². The van der Waals surface area contributed by atoms with Gasteiger partial charge in [-0.05, 0) is 22.8 Å².